The molecule has 1 fully saturated rings. The fourth-order valence-corrected chi connectivity index (χ4v) is 3.20. The number of hydrogen-bond donors (Lipinski definition) is 1. The Bertz CT molecular complexity index is 581. The van der Waals surface area contributed by atoms with Gasteiger partial charge in [-0.2, -0.15) is 0 Å². The average Bonchev–Trinajstić information content (AvgIpc) is 2.80. The van der Waals surface area contributed by atoms with Crippen LogP contribution in [0.15, 0.2) is 18.2 Å². The van der Waals surface area contributed by atoms with Gasteiger partial charge >= 0.3 is 0 Å². The molecule has 0 aromatic heterocycles. The molecule has 0 radical (unpaired) electrons. The standard InChI is InChI=1S/C19H27ClN2O2/c1-14(12-19(24)22-9-5-3-4-6-10-22)11-18(23)21-16-8-7-15(2)17(20)13-16/h7-8,13-14H,3-6,9-12H2,1-2H3,(H,21,23)/t14-/m1/s1. The van der Waals surface area contributed by atoms with Gasteiger partial charge in [-0.15, -0.1) is 0 Å². The number of likely N-dealkylation sites (tertiary alicyclic amines) is 1. The molecule has 1 aliphatic rings. The molecule has 0 unspecified atom stereocenters. The zero-order valence-electron chi connectivity index (χ0n) is 14.6. The van der Waals surface area contributed by atoms with Crippen molar-refractivity contribution in [3.8, 4) is 0 Å². The molecule has 1 aliphatic heterocycles. The second kappa shape index (κ2) is 9.07. The van der Waals surface area contributed by atoms with Crippen molar-refractivity contribution in [2.24, 2.45) is 5.92 Å². The SMILES string of the molecule is Cc1ccc(NC(=O)C[C@@H](C)CC(=O)N2CCCCCC2)cc1Cl. The number of amides is 2. The van der Waals surface area contributed by atoms with E-state index in [1.54, 1.807) is 6.07 Å². The summed E-state index contributed by atoms with van der Waals surface area (Å²) >= 11 is 6.07. The Morgan fingerprint density at radius 1 is 1.17 bits per heavy atom. The van der Waals surface area contributed by atoms with E-state index >= 15 is 0 Å². The highest BCUT2D eigenvalue weighted by molar-refractivity contribution is 6.31. The fourth-order valence-electron chi connectivity index (χ4n) is 3.02. The Labute approximate surface area is 149 Å². The molecule has 1 aromatic carbocycles. The van der Waals surface area contributed by atoms with Gasteiger partial charge in [0.25, 0.3) is 0 Å². The molecule has 1 heterocycles. The van der Waals surface area contributed by atoms with Gasteiger partial charge in [0.1, 0.15) is 0 Å². The third-order valence-corrected chi connectivity index (χ3v) is 4.88. The van der Waals surface area contributed by atoms with E-state index in [9.17, 15) is 9.59 Å². The molecule has 1 aromatic rings. The van der Waals surface area contributed by atoms with E-state index in [4.69, 9.17) is 11.6 Å². The third-order valence-electron chi connectivity index (χ3n) is 4.47. The number of halogens is 1. The average molecular weight is 351 g/mol. The minimum absolute atomic E-state index is 0.0293. The molecular weight excluding hydrogens is 324 g/mol. The Balaban J connectivity index is 1.80. The van der Waals surface area contributed by atoms with Crippen LogP contribution in [-0.2, 0) is 9.59 Å². The molecule has 1 N–H and O–H groups in total. The third kappa shape index (κ3) is 5.82. The van der Waals surface area contributed by atoms with Crippen molar-refractivity contribution in [1.82, 2.24) is 4.90 Å². The van der Waals surface area contributed by atoms with E-state index in [-0.39, 0.29) is 17.7 Å². The molecule has 2 amide bonds. The lowest BCUT2D eigenvalue weighted by atomic mass is 10.0. The summed E-state index contributed by atoms with van der Waals surface area (Å²) in [5.74, 6) is 0.128. The first kappa shape index (κ1) is 18.8. The van der Waals surface area contributed by atoms with E-state index < -0.39 is 0 Å². The van der Waals surface area contributed by atoms with Crippen molar-refractivity contribution in [2.75, 3.05) is 18.4 Å². The van der Waals surface area contributed by atoms with Gasteiger partial charge in [-0.05, 0) is 43.4 Å². The lowest BCUT2D eigenvalue weighted by molar-refractivity contribution is -0.132. The molecule has 0 aliphatic carbocycles. The van der Waals surface area contributed by atoms with Crippen LogP contribution in [0.25, 0.3) is 0 Å². The van der Waals surface area contributed by atoms with Crippen LogP contribution in [0.5, 0.6) is 0 Å². The summed E-state index contributed by atoms with van der Waals surface area (Å²) in [6.45, 7) is 5.60. The highest BCUT2D eigenvalue weighted by atomic mass is 35.5. The predicted octanol–water partition coefficient (Wildman–Crippen LogP) is 4.41. The van der Waals surface area contributed by atoms with Crippen LogP contribution in [0.1, 0.15) is 51.0 Å². The first-order chi connectivity index (χ1) is 11.5. The van der Waals surface area contributed by atoms with Gasteiger partial charge in [-0.25, -0.2) is 0 Å². The van der Waals surface area contributed by atoms with Crippen LogP contribution >= 0.6 is 11.6 Å². The van der Waals surface area contributed by atoms with Crippen molar-refractivity contribution in [1.29, 1.82) is 0 Å². The summed E-state index contributed by atoms with van der Waals surface area (Å²) in [4.78, 5) is 26.5. The predicted molar refractivity (Wildman–Crippen MR) is 98.3 cm³/mol. The Morgan fingerprint density at radius 2 is 1.83 bits per heavy atom. The van der Waals surface area contributed by atoms with Crippen LogP contribution in [0.4, 0.5) is 5.69 Å². The van der Waals surface area contributed by atoms with E-state index in [0.29, 0.717) is 23.6 Å². The maximum absolute atomic E-state index is 12.4. The molecule has 1 saturated heterocycles. The monoisotopic (exact) mass is 350 g/mol. The molecule has 0 bridgehead atoms. The second-order valence-electron chi connectivity index (χ2n) is 6.82. The summed E-state index contributed by atoms with van der Waals surface area (Å²) in [6.07, 6.45) is 5.37. The Hall–Kier alpha value is -1.55. The molecule has 4 nitrogen and oxygen atoms in total. The zero-order valence-corrected chi connectivity index (χ0v) is 15.4. The normalized spacial score (nSPS) is 16.4. The number of nitrogens with one attached hydrogen (secondary N) is 1. The Kier molecular flexibility index (Phi) is 7.10. The first-order valence-corrected chi connectivity index (χ1v) is 9.17. The Morgan fingerprint density at radius 3 is 2.46 bits per heavy atom. The highest BCUT2D eigenvalue weighted by Crippen LogP contribution is 2.21. The minimum Gasteiger partial charge on any atom is -0.343 e. The fraction of sp³-hybridized carbons (Fsp3) is 0.579. The number of rotatable bonds is 5. The summed E-state index contributed by atoms with van der Waals surface area (Å²) in [5, 5.41) is 3.49. The molecule has 2 rings (SSSR count). The van der Waals surface area contributed by atoms with E-state index in [1.807, 2.05) is 30.9 Å². The molecule has 24 heavy (non-hydrogen) atoms. The van der Waals surface area contributed by atoms with Gasteiger partial charge in [0, 0.05) is 36.6 Å². The summed E-state index contributed by atoms with van der Waals surface area (Å²) in [7, 11) is 0. The van der Waals surface area contributed by atoms with Gasteiger partial charge in [0.15, 0.2) is 0 Å². The lowest BCUT2D eigenvalue weighted by Crippen LogP contribution is -2.33. The van der Waals surface area contributed by atoms with Crippen LogP contribution < -0.4 is 5.32 Å². The van der Waals surface area contributed by atoms with Gasteiger partial charge in [-0.1, -0.05) is 37.4 Å². The topological polar surface area (TPSA) is 49.4 Å². The van der Waals surface area contributed by atoms with Crippen LogP contribution in [0.2, 0.25) is 5.02 Å². The quantitative estimate of drug-likeness (QED) is 0.855. The number of carbonyl (C=O) groups excluding carboxylic acids is 2. The number of nitrogens with zero attached hydrogens (tertiary/aromatic N) is 1. The van der Waals surface area contributed by atoms with Gasteiger partial charge in [0.05, 0.1) is 0 Å². The largest absolute Gasteiger partial charge is 0.343 e. The maximum Gasteiger partial charge on any atom is 0.224 e. The van der Waals surface area contributed by atoms with Crippen LogP contribution in [0, 0.1) is 12.8 Å². The van der Waals surface area contributed by atoms with E-state index in [2.05, 4.69) is 5.32 Å². The summed E-state index contributed by atoms with van der Waals surface area (Å²) < 4.78 is 0. The number of aryl methyl sites for hydroxylation is 1. The van der Waals surface area contributed by atoms with Crippen molar-refractivity contribution in [3.05, 3.63) is 28.8 Å². The number of benzene rings is 1. The van der Waals surface area contributed by atoms with Crippen molar-refractivity contribution < 1.29 is 9.59 Å². The number of carbonyl (C=O) groups is 2. The maximum atomic E-state index is 12.4. The van der Waals surface area contributed by atoms with E-state index in [0.717, 1.165) is 31.5 Å². The van der Waals surface area contributed by atoms with Gasteiger partial charge < -0.3 is 10.2 Å². The number of hydrogen-bond acceptors (Lipinski definition) is 2. The van der Waals surface area contributed by atoms with Gasteiger partial charge in [-0.3, -0.25) is 9.59 Å². The van der Waals surface area contributed by atoms with Crippen LogP contribution in [-0.4, -0.2) is 29.8 Å². The molecule has 0 spiro atoms. The summed E-state index contributed by atoms with van der Waals surface area (Å²) in [6, 6.07) is 5.47. The highest BCUT2D eigenvalue weighted by Gasteiger charge is 2.19. The van der Waals surface area contributed by atoms with Crippen LogP contribution in [0.3, 0.4) is 0 Å². The molecule has 5 heteroatoms. The van der Waals surface area contributed by atoms with E-state index in [1.165, 1.54) is 12.8 Å². The van der Waals surface area contributed by atoms with Crippen molar-refractivity contribution >= 4 is 29.1 Å². The molecule has 1 atom stereocenters. The summed E-state index contributed by atoms with van der Waals surface area (Å²) in [5.41, 5.74) is 1.67. The lowest BCUT2D eigenvalue weighted by Gasteiger charge is -2.22. The molecule has 0 saturated carbocycles. The first-order valence-electron chi connectivity index (χ1n) is 8.79. The minimum atomic E-state index is -0.0777. The zero-order chi connectivity index (χ0) is 17.5. The number of anilines is 1. The second-order valence-corrected chi connectivity index (χ2v) is 7.23. The van der Waals surface area contributed by atoms with Crippen molar-refractivity contribution in [2.45, 2.75) is 52.4 Å². The smallest absolute Gasteiger partial charge is 0.224 e. The van der Waals surface area contributed by atoms with Gasteiger partial charge in [0.2, 0.25) is 11.8 Å². The van der Waals surface area contributed by atoms with Crippen molar-refractivity contribution in [3.63, 3.8) is 0 Å². The molecular formula is C19H27ClN2O2. The molecule has 132 valence electrons.